The summed E-state index contributed by atoms with van der Waals surface area (Å²) in [6.45, 7) is 0.0316. The Morgan fingerprint density at radius 3 is 2.83 bits per heavy atom. The Morgan fingerprint density at radius 1 is 1.56 bits per heavy atom. The topological polar surface area (TPSA) is 89.5 Å². The molecule has 7 nitrogen and oxygen atoms in total. The maximum Gasteiger partial charge on any atom is 0.307 e. The van der Waals surface area contributed by atoms with Crippen molar-refractivity contribution in [2.24, 2.45) is 0 Å². The van der Waals surface area contributed by atoms with E-state index in [0.717, 1.165) is 16.2 Å². The van der Waals surface area contributed by atoms with Crippen LogP contribution in [0.25, 0.3) is 0 Å². The van der Waals surface area contributed by atoms with Crippen LogP contribution < -0.4 is 4.90 Å². The van der Waals surface area contributed by atoms with Crippen LogP contribution >= 0.6 is 11.3 Å². The van der Waals surface area contributed by atoms with Crippen LogP contribution in [-0.2, 0) is 26.4 Å². The number of methoxy groups -OCH3 is 1. The van der Waals surface area contributed by atoms with E-state index in [0.29, 0.717) is 5.01 Å². The van der Waals surface area contributed by atoms with Crippen molar-refractivity contribution in [3.05, 3.63) is 5.01 Å². The molecule has 0 saturated carbocycles. The van der Waals surface area contributed by atoms with E-state index in [2.05, 4.69) is 10.2 Å². The fraction of sp³-hybridized carbons (Fsp3) is 0.625. The van der Waals surface area contributed by atoms with Gasteiger partial charge in [-0.1, -0.05) is 11.3 Å². The summed E-state index contributed by atoms with van der Waals surface area (Å²) in [5.74, 6) is -0.471. The van der Waals surface area contributed by atoms with Crippen molar-refractivity contribution in [2.45, 2.75) is 18.3 Å². The van der Waals surface area contributed by atoms with Gasteiger partial charge in [0.25, 0.3) is 0 Å². The fourth-order valence-corrected chi connectivity index (χ4v) is 3.09. The van der Waals surface area contributed by atoms with Gasteiger partial charge in [0.15, 0.2) is 0 Å². The summed E-state index contributed by atoms with van der Waals surface area (Å²) in [5, 5.41) is 7.04. The molecule has 18 heavy (non-hydrogen) atoms. The predicted molar refractivity (Wildman–Crippen MR) is 61.4 cm³/mol. The zero-order valence-electron chi connectivity index (χ0n) is 9.37. The number of aromatic nitrogens is 2. The second kappa shape index (κ2) is 4.86. The van der Waals surface area contributed by atoms with Gasteiger partial charge in [-0.25, -0.2) is 0 Å². The Balaban J connectivity index is 2.16. The molecular weight excluding hydrogens is 285 g/mol. The average molecular weight is 295 g/mol. The van der Waals surface area contributed by atoms with Crippen molar-refractivity contribution in [3.8, 4) is 0 Å². The number of ether oxygens (including phenoxy) is 1. The number of anilines is 1. The number of halogens is 1. The Hall–Kier alpha value is -1.13. The molecule has 1 aromatic rings. The minimum absolute atomic E-state index is 0.223. The first-order chi connectivity index (χ1) is 8.41. The highest BCUT2D eigenvalue weighted by atomic mass is 32.3. The van der Waals surface area contributed by atoms with Gasteiger partial charge in [-0.05, 0) is 0 Å². The first-order valence-corrected chi connectivity index (χ1v) is 7.23. The molecule has 1 saturated heterocycles. The third-order valence-corrected chi connectivity index (χ3v) is 4.47. The van der Waals surface area contributed by atoms with E-state index >= 15 is 0 Å². The lowest BCUT2D eigenvalue weighted by molar-refractivity contribution is -0.117. The number of hydrogen-bond donors (Lipinski definition) is 0. The second-order valence-electron chi connectivity index (χ2n) is 3.72. The Morgan fingerprint density at radius 2 is 2.28 bits per heavy atom. The maximum absolute atomic E-state index is 12.8. The molecule has 1 amide bonds. The van der Waals surface area contributed by atoms with E-state index < -0.39 is 21.4 Å². The molecule has 0 aliphatic carbocycles. The van der Waals surface area contributed by atoms with E-state index in [9.17, 15) is 17.1 Å². The molecule has 10 heteroatoms. The van der Waals surface area contributed by atoms with E-state index in [1.54, 1.807) is 0 Å². The highest BCUT2D eigenvalue weighted by Gasteiger charge is 2.40. The van der Waals surface area contributed by atoms with Crippen LogP contribution in [0.4, 0.5) is 9.02 Å². The van der Waals surface area contributed by atoms with E-state index in [-0.39, 0.29) is 24.7 Å². The molecule has 1 unspecified atom stereocenters. The molecule has 100 valence electrons. The number of amides is 1. The second-order valence-corrected chi connectivity index (χ2v) is 6.38. The average Bonchev–Trinajstić information content (AvgIpc) is 2.84. The fourth-order valence-electron chi connectivity index (χ4n) is 1.58. The first-order valence-electron chi connectivity index (χ1n) is 4.97. The number of rotatable bonds is 4. The first kappa shape index (κ1) is 13.3. The Labute approximate surface area is 107 Å². The van der Waals surface area contributed by atoms with Gasteiger partial charge in [0.05, 0.1) is 0 Å². The normalized spacial score (nSPS) is 20.7. The van der Waals surface area contributed by atoms with Crippen LogP contribution in [0, 0.1) is 0 Å². The van der Waals surface area contributed by atoms with Crippen LogP contribution in [0.5, 0.6) is 0 Å². The zero-order valence-corrected chi connectivity index (χ0v) is 11.0. The standard InChI is InChI=1S/C8H10FN3O4S2/c1-16-4-6-10-11-8(17-6)12-3-5(2-7(12)13)18(9,14)15/h5H,2-4H2,1H3. The summed E-state index contributed by atoms with van der Waals surface area (Å²) in [5.41, 5.74) is 0. The molecule has 0 N–H and O–H groups in total. The summed E-state index contributed by atoms with van der Waals surface area (Å²) in [6, 6.07) is 0. The van der Waals surface area contributed by atoms with Crippen molar-refractivity contribution >= 4 is 32.6 Å². The van der Waals surface area contributed by atoms with E-state index in [1.807, 2.05) is 0 Å². The Bertz CT molecular complexity index is 558. The molecule has 1 atom stereocenters. The number of hydrogen-bond acceptors (Lipinski definition) is 7. The van der Waals surface area contributed by atoms with Gasteiger partial charge in [-0.3, -0.25) is 9.69 Å². The van der Waals surface area contributed by atoms with Gasteiger partial charge in [0.1, 0.15) is 16.9 Å². The molecule has 1 aromatic heterocycles. The summed E-state index contributed by atoms with van der Waals surface area (Å²) >= 11 is 1.11. The zero-order chi connectivity index (χ0) is 13.3. The number of carbonyl (C=O) groups is 1. The van der Waals surface area contributed by atoms with Gasteiger partial charge in [0.2, 0.25) is 11.0 Å². The maximum atomic E-state index is 12.8. The van der Waals surface area contributed by atoms with Crippen LogP contribution in [0.1, 0.15) is 11.4 Å². The highest BCUT2D eigenvalue weighted by molar-refractivity contribution is 7.87. The minimum Gasteiger partial charge on any atom is -0.377 e. The molecular formula is C8H10FN3O4S2. The number of nitrogens with zero attached hydrogens (tertiary/aromatic N) is 3. The Kier molecular flexibility index (Phi) is 3.59. The molecule has 0 bridgehead atoms. The SMILES string of the molecule is COCc1nnc(N2CC(S(=O)(=O)F)CC2=O)s1. The third kappa shape index (κ3) is 2.65. The predicted octanol–water partition coefficient (Wildman–Crippen LogP) is 0.0891. The lowest BCUT2D eigenvalue weighted by Gasteiger charge is -2.10. The van der Waals surface area contributed by atoms with Crippen molar-refractivity contribution < 1.29 is 21.8 Å². The van der Waals surface area contributed by atoms with Crippen LogP contribution in [-0.4, -0.2) is 43.4 Å². The molecule has 1 aliphatic heterocycles. The van der Waals surface area contributed by atoms with Crippen molar-refractivity contribution in [2.75, 3.05) is 18.6 Å². The minimum atomic E-state index is -4.71. The third-order valence-electron chi connectivity index (χ3n) is 2.44. The van der Waals surface area contributed by atoms with Crippen molar-refractivity contribution in [1.29, 1.82) is 0 Å². The molecule has 1 fully saturated rings. The van der Waals surface area contributed by atoms with Gasteiger partial charge in [-0.15, -0.1) is 14.1 Å². The van der Waals surface area contributed by atoms with Gasteiger partial charge < -0.3 is 4.74 Å². The van der Waals surface area contributed by atoms with Crippen LogP contribution in [0.3, 0.4) is 0 Å². The summed E-state index contributed by atoms with van der Waals surface area (Å²) in [6.07, 6.45) is -0.363. The molecule has 2 rings (SSSR count). The van der Waals surface area contributed by atoms with Gasteiger partial charge in [0, 0.05) is 20.1 Å². The molecule has 2 heterocycles. The lowest BCUT2D eigenvalue weighted by atomic mass is 10.4. The van der Waals surface area contributed by atoms with Crippen LogP contribution in [0.15, 0.2) is 0 Å². The van der Waals surface area contributed by atoms with Crippen LogP contribution in [0.2, 0.25) is 0 Å². The summed E-state index contributed by atoms with van der Waals surface area (Å²) in [7, 11) is -3.22. The molecule has 0 aromatic carbocycles. The van der Waals surface area contributed by atoms with Crippen molar-refractivity contribution in [3.63, 3.8) is 0 Å². The monoisotopic (exact) mass is 295 g/mol. The largest absolute Gasteiger partial charge is 0.377 e. The van der Waals surface area contributed by atoms with Crippen molar-refractivity contribution in [1.82, 2.24) is 10.2 Å². The molecule has 0 radical (unpaired) electrons. The van der Waals surface area contributed by atoms with E-state index in [4.69, 9.17) is 4.74 Å². The number of carbonyl (C=O) groups excluding carboxylic acids is 1. The molecule has 1 aliphatic rings. The quantitative estimate of drug-likeness (QED) is 0.731. The van der Waals surface area contributed by atoms with Gasteiger partial charge in [-0.2, -0.15) is 8.42 Å². The summed E-state index contributed by atoms with van der Waals surface area (Å²) < 4.78 is 39.2. The van der Waals surface area contributed by atoms with Gasteiger partial charge >= 0.3 is 10.2 Å². The smallest absolute Gasteiger partial charge is 0.307 e. The molecule has 0 spiro atoms. The van der Waals surface area contributed by atoms with E-state index in [1.165, 1.54) is 7.11 Å². The highest BCUT2D eigenvalue weighted by Crippen LogP contribution is 2.28. The lowest BCUT2D eigenvalue weighted by Crippen LogP contribution is -2.26. The summed E-state index contributed by atoms with van der Waals surface area (Å²) in [4.78, 5) is 12.7.